The maximum absolute atomic E-state index is 13.5. The van der Waals surface area contributed by atoms with Crippen molar-refractivity contribution in [3.63, 3.8) is 0 Å². The predicted octanol–water partition coefficient (Wildman–Crippen LogP) is 6.57. The van der Waals surface area contributed by atoms with E-state index in [-0.39, 0.29) is 17.6 Å². The minimum atomic E-state index is -0.281. The quantitative estimate of drug-likeness (QED) is 0.254. The first-order valence-corrected chi connectivity index (χ1v) is 12.0. The fourth-order valence-electron chi connectivity index (χ4n) is 4.33. The fraction of sp³-hybridized carbons (Fsp3) is 0.103. The lowest BCUT2D eigenvalue weighted by Gasteiger charge is -2.09. The summed E-state index contributed by atoms with van der Waals surface area (Å²) in [6.07, 6.45) is 3.54. The summed E-state index contributed by atoms with van der Waals surface area (Å²) in [7, 11) is 0. The van der Waals surface area contributed by atoms with E-state index in [1.54, 1.807) is 24.5 Å². The molecular formula is C29H23FN6O. The highest BCUT2D eigenvalue weighted by atomic mass is 19.1. The number of halogens is 1. The molecule has 4 heterocycles. The average Bonchev–Trinajstić information content (AvgIpc) is 3.53. The third-order valence-electron chi connectivity index (χ3n) is 6.31. The number of benzene rings is 2. The first kappa shape index (κ1) is 22.6. The van der Waals surface area contributed by atoms with Crippen molar-refractivity contribution in [3.05, 3.63) is 84.9 Å². The second kappa shape index (κ2) is 8.98. The Kier molecular flexibility index (Phi) is 5.49. The van der Waals surface area contributed by atoms with Crippen LogP contribution < -0.4 is 5.32 Å². The van der Waals surface area contributed by atoms with Crippen molar-refractivity contribution in [3.8, 4) is 33.8 Å². The summed E-state index contributed by atoms with van der Waals surface area (Å²) in [5.74, 6) is -0.427. The number of rotatable bonds is 5. The van der Waals surface area contributed by atoms with E-state index in [1.165, 1.54) is 12.1 Å². The number of nitrogens with zero attached hydrogens (tertiary/aromatic N) is 3. The van der Waals surface area contributed by atoms with Gasteiger partial charge in [0, 0.05) is 34.3 Å². The number of anilines is 1. The van der Waals surface area contributed by atoms with Crippen LogP contribution in [0.1, 0.15) is 13.8 Å². The zero-order chi connectivity index (χ0) is 25.5. The molecule has 182 valence electrons. The number of hydrogen-bond acceptors (Lipinski definition) is 4. The standard InChI is InChI=1S/C29H23FN6O/c1-16(2)29(37)32-20-5-3-4-18(12-20)23-10-11-24-27(34-23)28(36-35-24)25-13-21-22(14-31-15-26(21)33-25)17-6-8-19(30)9-7-17/h3-16,33H,1-2H3,(H,32,37)(H,35,36). The Morgan fingerprint density at radius 1 is 0.946 bits per heavy atom. The van der Waals surface area contributed by atoms with E-state index in [9.17, 15) is 9.18 Å². The molecule has 8 heteroatoms. The lowest BCUT2D eigenvalue weighted by atomic mass is 10.0. The van der Waals surface area contributed by atoms with Gasteiger partial charge in [0.1, 0.15) is 17.0 Å². The summed E-state index contributed by atoms with van der Waals surface area (Å²) in [6.45, 7) is 3.72. The number of hydrogen-bond donors (Lipinski definition) is 3. The Bertz CT molecular complexity index is 1770. The molecule has 0 aliphatic carbocycles. The second-order valence-corrected chi connectivity index (χ2v) is 9.23. The van der Waals surface area contributed by atoms with Gasteiger partial charge in [-0.1, -0.05) is 38.1 Å². The zero-order valence-corrected chi connectivity index (χ0v) is 20.2. The van der Waals surface area contributed by atoms with Crippen molar-refractivity contribution in [2.45, 2.75) is 13.8 Å². The van der Waals surface area contributed by atoms with Crippen LogP contribution in [-0.4, -0.2) is 31.1 Å². The van der Waals surface area contributed by atoms with Gasteiger partial charge >= 0.3 is 0 Å². The summed E-state index contributed by atoms with van der Waals surface area (Å²) in [5, 5.41) is 11.5. The summed E-state index contributed by atoms with van der Waals surface area (Å²) in [6, 6.07) is 19.9. The number of amides is 1. The Morgan fingerprint density at radius 3 is 2.59 bits per heavy atom. The molecule has 6 aromatic rings. The number of pyridine rings is 2. The van der Waals surface area contributed by atoms with Crippen LogP contribution in [-0.2, 0) is 4.79 Å². The van der Waals surface area contributed by atoms with Gasteiger partial charge in [-0.05, 0) is 48.0 Å². The molecular weight excluding hydrogens is 467 g/mol. The molecule has 3 N–H and O–H groups in total. The van der Waals surface area contributed by atoms with E-state index in [1.807, 2.05) is 56.3 Å². The van der Waals surface area contributed by atoms with E-state index in [0.29, 0.717) is 5.69 Å². The van der Waals surface area contributed by atoms with Gasteiger partial charge in [0.2, 0.25) is 5.91 Å². The number of fused-ring (bicyclic) bond motifs is 2. The molecule has 1 amide bonds. The SMILES string of the molecule is CC(C)C(=O)Nc1cccc(-c2ccc3[nH]nc(-c4cc5c(-c6ccc(F)cc6)cncc5[nH]4)c3n2)c1. The van der Waals surface area contributed by atoms with E-state index in [4.69, 9.17) is 4.98 Å². The molecule has 6 rings (SSSR count). The largest absolute Gasteiger partial charge is 0.352 e. The monoisotopic (exact) mass is 490 g/mol. The van der Waals surface area contributed by atoms with Gasteiger partial charge in [0.05, 0.1) is 28.6 Å². The third kappa shape index (κ3) is 4.23. The number of H-pyrrole nitrogens is 2. The molecule has 7 nitrogen and oxygen atoms in total. The van der Waals surface area contributed by atoms with Gasteiger partial charge in [-0.2, -0.15) is 5.10 Å². The molecule has 4 aromatic heterocycles. The molecule has 0 spiro atoms. The number of nitrogens with one attached hydrogen (secondary N) is 3. The molecule has 0 fully saturated rings. The first-order valence-electron chi connectivity index (χ1n) is 12.0. The van der Waals surface area contributed by atoms with Gasteiger partial charge < -0.3 is 10.3 Å². The lowest BCUT2D eigenvalue weighted by molar-refractivity contribution is -0.118. The molecule has 0 bridgehead atoms. The van der Waals surface area contributed by atoms with E-state index >= 15 is 0 Å². The maximum atomic E-state index is 13.5. The first-order chi connectivity index (χ1) is 18.0. The van der Waals surface area contributed by atoms with Gasteiger partial charge in [0.15, 0.2) is 0 Å². The summed E-state index contributed by atoms with van der Waals surface area (Å²) in [4.78, 5) is 24.8. The highest BCUT2D eigenvalue weighted by Crippen LogP contribution is 2.34. The van der Waals surface area contributed by atoms with Crippen molar-refractivity contribution in [1.82, 2.24) is 25.1 Å². The molecule has 0 saturated carbocycles. The molecule has 0 aliphatic rings. The highest BCUT2D eigenvalue weighted by Gasteiger charge is 2.16. The topological polar surface area (TPSA) is 99.4 Å². The van der Waals surface area contributed by atoms with E-state index in [0.717, 1.165) is 55.7 Å². The van der Waals surface area contributed by atoms with Crippen LogP contribution in [0.25, 0.3) is 55.7 Å². The zero-order valence-electron chi connectivity index (χ0n) is 20.2. The van der Waals surface area contributed by atoms with Gasteiger partial charge in [-0.25, -0.2) is 9.37 Å². The summed E-state index contributed by atoms with van der Waals surface area (Å²) in [5.41, 5.74) is 7.99. The van der Waals surface area contributed by atoms with Crippen LogP contribution in [0.15, 0.2) is 79.1 Å². The van der Waals surface area contributed by atoms with Gasteiger partial charge in [-0.3, -0.25) is 14.9 Å². The second-order valence-electron chi connectivity index (χ2n) is 9.23. The van der Waals surface area contributed by atoms with Crippen molar-refractivity contribution in [2.75, 3.05) is 5.32 Å². The maximum Gasteiger partial charge on any atom is 0.226 e. The van der Waals surface area contributed by atoms with E-state index in [2.05, 4.69) is 25.5 Å². The van der Waals surface area contributed by atoms with Gasteiger partial charge in [0.25, 0.3) is 0 Å². The lowest BCUT2D eigenvalue weighted by Crippen LogP contribution is -2.17. The summed E-state index contributed by atoms with van der Waals surface area (Å²) >= 11 is 0. The van der Waals surface area contributed by atoms with Crippen LogP contribution >= 0.6 is 0 Å². The molecule has 0 unspecified atom stereocenters. The van der Waals surface area contributed by atoms with Crippen molar-refractivity contribution < 1.29 is 9.18 Å². The number of aromatic nitrogens is 5. The van der Waals surface area contributed by atoms with Crippen LogP contribution in [0, 0.1) is 11.7 Å². The normalized spacial score (nSPS) is 11.5. The van der Waals surface area contributed by atoms with Crippen LogP contribution in [0.2, 0.25) is 0 Å². The van der Waals surface area contributed by atoms with Crippen molar-refractivity contribution in [1.29, 1.82) is 0 Å². The molecule has 2 aromatic carbocycles. The number of carbonyl (C=O) groups is 1. The minimum absolute atomic E-state index is 0.0361. The Hall–Kier alpha value is -4.85. The molecule has 0 saturated heterocycles. The van der Waals surface area contributed by atoms with Crippen molar-refractivity contribution >= 4 is 33.5 Å². The third-order valence-corrected chi connectivity index (χ3v) is 6.31. The molecule has 37 heavy (non-hydrogen) atoms. The molecule has 0 atom stereocenters. The predicted molar refractivity (Wildman–Crippen MR) is 143 cm³/mol. The fourth-order valence-corrected chi connectivity index (χ4v) is 4.33. The Balaban J connectivity index is 1.41. The van der Waals surface area contributed by atoms with Gasteiger partial charge in [-0.15, -0.1) is 0 Å². The highest BCUT2D eigenvalue weighted by molar-refractivity contribution is 6.00. The van der Waals surface area contributed by atoms with E-state index < -0.39 is 0 Å². The number of aromatic amines is 2. The van der Waals surface area contributed by atoms with Crippen LogP contribution in [0.3, 0.4) is 0 Å². The summed E-state index contributed by atoms with van der Waals surface area (Å²) < 4.78 is 13.5. The molecule has 0 radical (unpaired) electrons. The Morgan fingerprint density at radius 2 is 1.78 bits per heavy atom. The smallest absolute Gasteiger partial charge is 0.226 e. The molecule has 0 aliphatic heterocycles. The van der Waals surface area contributed by atoms with Crippen LogP contribution in [0.5, 0.6) is 0 Å². The van der Waals surface area contributed by atoms with Crippen LogP contribution in [0.4, 0.5) is 10.1 Å². The Labute approximate surface area is 211 Å². The minimum Gasteiger partial charge on any atom is -0.352 e. The average molecular weight is 491 g/mol. The van der Waals surface area contributed by atoms with Crippen molar-refractivity contribution in [2.24, 2.45) is 5.92 Å². The number of carbonyl (C=O) groups excluding carboxylic acids is 1.